The average Bonchev–Trinajstić information content (AvgIpc) is 2.25. The number of amides is 1. The fourth-order valence-corrected chi connectivity index (χ4v) is 2.00. The maximum absolute atomic E-state index is 12.4. The Bertz CT molecular complexity index is 295. The number of nitrogens with zero attached hydrogens (tertiary/aromatic N) is 1. The van der Waals surface area contributed by atoms with Crippen LogP contribution in [0.1, 0.15) is 25.7 Å². The van der Waals surface area contributed by atoms with Crippen molar-refractivity contribution in [3.8, 4) is 6.07 Å². The molecule has 0 heterocycles. The number of carbonyl (C=O) groups excluding carboxylic acids is 1. The van der Waals surface area contributed by atoms with Crippen molar-refractivity contribution in [2.45, 2.75) is 31.9 Å². The van der Waals surface area contributed by atoms with E-state index in [1.165, 1.54) is 0 Å². The first kappa shape index (κ1) is 12.8. The van der Waals surface area contributed by atoms with Crippen LogP contribution in [0.2, 0.25) is 0 Å². The second-order valence-electron chi connectivity index (χ2n) is 3.98. The molecule has 0 aromatic rings. The molecular weight excluding hydrogens is 221 g/mol. The molecule has 0 aliphatic heterocycles. The molecule has 2 atom stereocenters. The highest BCUT2D eigenvalue weighted by Crippen LogP contribution is 2.39. The summed E-state index contributed by atoms with van der Waals surface area (Å²) in [5.41, 5.74) is 0. The smallest absolute Gasteiger partial charge is 0.343 e. The van der Waals surface area contributed by atoms with Crippen LogP contribution in [0.3, 0.4) is 0 Å². The highest BCUT2D eigenvalue weighted by atomic mass is 19.4. The van der Waals surface area contributed by atoms with Gasteiger partial charge in [-0.3, -0.25) is 4.79 Å². The largest absolute Gasteiger partial charge is 0.391 e. The molecule has 6 heteroatoms. The Morgan fingerprint density at radius 3 is 2.69 bits per heavy atom. The normalized spacial score (nSPS) is 25.9. The molecule has 1 aliphatic carbocycles. The Labute approximate surface area is 91.6 Å². The summed E-state index contributed by atoms with van der Waals surface area (Å²) in [7, 11) is 0. The lowest BCUT2D eigenvalue weighted by molar-refractivity contribution is -0.186. The first-order chi connectivity index (χ1) is 7.45. The summed E-state index contributed by atoms with van der Waals surface area (Å²) in [5, 5.41) is 10.6. The summed E-state index contributed by atoms with van der Waals surface area (Å²) in [4.78, 5) is 11.4. The van der Waals surface area contributed by atoms with Crippen LogP contribution in [0.5, 0.6) is 0 Å². The molecule has 3 nitrogen and oxygen atoms in total. The van der Waals surface area contributed by atoms with E-state index in [9.17, 15) is 18.0 Å². The zero-order chi connectivity index (χ0) is 12.2. The van der Waals surface area contributed by atoms with Crippen molar-refractivity contribution in [3.05, 3.63) is 0 Å². The predicted molar refractivity (Wildman–Crippen MR) is 50.1 cm³/mol. The van der Waals surface area contributed by atoms with E-state index in [0.29, 0.717) is 12.8 Å². The number of rotatable bonds is 2. The van der Waals surface area contributed by atoms with Gasteiger partial charge in [0.1, 0.15) is 6.54 Å². The standard InChI is InChI=1S/C10H13F3N2O/c11-10(12,13)8-3-1-2-7(6-8)9(16)15-5-4-14/h7-8H,1-3,5-6H2,(H,15,16). The first-order valence-electron chi connectivity index (χ1n) is 5.16. The van der Waals surface area contributed by atoms with E-state index in [0.717, 1.165) is 0 Å². The fourth-order valence-electron chi connectivity index (χ4n) is 2.00. The lowest BCUT2D eigenvalue weighted by atomic mass is 9.80. The second kappa shape index (κ2) is 5.19. The van der Waals surface area contributed by atoms with Gasteiger partial charge in [-0.25, -0.2) is 0 Å². The van der Waals surface area contributed by atoms with Crippen LogP contribution in [0.4, 0.5) is 13.2 Å². The number of nitrogens with one attached hydrogen (secondary N) is 1. The van der Waals surface area contributed by atoms with Crippen molar-refractivity contribution < 1.29 is 18.0 Å². The van der Waals surface area contributed by atoms with Crippen molar-refractivity contribution in [1.82, 2.24) is 5.32 Å². The minimum Gasteiger partial charge on any atom is -0.343 e. The molecule has 0 saturated heterocycles. The number of carbonyl (C=O) groups is 1. The van der Waals surface area contributed by atoms with E-state index < -0.39 is 23.9 Å². The Morgan fingerprint density at radius 2 is 2.12 bits per heavy atom. The van der Waals surface area contributed by atoms with Gasteiger partial charge >= 0.3 is 6.18 Å². The molecular formula is C10H13F3N2O. The molecule has 0 spiro atoms. The number of hydrogen-bond acceptors (Lipinski definition) is 2. The summed E-state index contributed by atoms with van der Waals surface area (Å²) in [5.74, 6) is -2.41. The number of alkyl halides is 3. The van der Waals surface area contributed by atoms with E-state index >= 15 is 0 Å². The third-order valence-electron chi connectivity index (χ3n) is 2.85. The topological polar surface area (TPSA) is 52.9 Å². The third kappa shape index (κ3) is 3.40. The first-order valence-corrected chi connectivity index (χ1v) is 5.16. The number of halogens is 3. The summed E-state index contributed by atoms with van der Waals surface area (Å²) in [6.45, 7) is -0.147. The molecule has 16 heavy (non-hydrogen) atoms. The number of nitriles is 1. The molecule has 1 saturated carbocycles. The number of hydrogen-bond donors (Lipinski definition) is 1. The van der Waals surface area contributed by atoms with Crippen molar-refractivity contribution >= 4 is 5.91 Å². The summed E-state index contributed by atoms with van der Waals surface area (Å²) in [6, 6.07) is 1.72. The van der Waals surface area contributed by atoms with Crippen LogP contribution >= 0.6 is 0 Å². The van der Waals surface area contributed by atoms with E-state index in [1.807, 2.05) is 0 Å². The Morgan fingerprint density at radius 1 is 1.44 bits per heavy atom. The van der Waals surface area contributed by atoms with E-state index in [2.05, 4.69) is 5.32 Å². The van der Waals surface area contributed by atoms with Gasteiger partial charge in [-0.15, -0.1) is 0 Å². The molecule has 1 aliphatic rings. The lowest BCUT2D eigenvalue weighted by Crippen LogP contribution is -2.37. The van der Waals surface area contributed by atoms with Crippen LogP contribution in [0, 0.1) is 23.2 Å². The van der Waals surface area contributed by atoms with Crippen LogP contribution in [0.15, 0.2) is 0 Å². The van der Waals surface area contributed by atoms with E-state index in [4.69, 9.17) is 5.26 Å². The maximum Gasteiger partial charge on any atom is 0.391 e. The van der Waals surface area contributed by atoms with Crippen molar-refractivity contribution in [1.29, 1.82) is 5.26 Å². The van der Waals surface area contributed by atoms with Crippen LogP contribution in [-0.4, -0.2) is 18.6 Å². The van der Waals surface area contributed by atoms with Gasteiger partial charge in [0.2, 0.25) is 5.91 Å². The Kier molecular flexibility index (Phi) is 4.16. The van der Waals surface area contributed by atoms with Crippen LogP contribution in [0.25, 0.3) is 0 Å². The fraction of sp³-hybridized carbons (Fsp3) is 0.800. The SMILES string of the molecule is N#CCNC(=O)C1CCCC(C(F)(F)F)C1. The quantitative estimate of drug-likeness (QED) is 0.743. The lowest BCUT2D eigenvalue weighted by Gasteiger charge is -2.29. The molecule has 1 amide bonds. The highest BCUT2D eigenvalue weighted by Gasteiger charge is 2.43. The predicted octanol–water partition coefficient (Wildman–Crippen LogP) is 1.99. The Balaban J connectivity index is 2.51. The van der Waals surface area contributed by atoms with Crippen molar-refractivity contribution in [3.63, 3.8) is 0 Å². The highest BCUT2D eigenvalue weighted by molar-refractivity contribution is 5.78. The molecule has 1 fully saturated rings. The van der Waals surface area contributed by atoms with E-state index in [1.54, 1.807) is 6.07 Å². The van der Waals surface area contributed by atoms with Crippen molar-refractivity contribution in [2.75, 3.05) is 6.54 Å². The average molecular weight is 234 g/mol. The molecule has 0 bridgehead atoms. The molecule has 0 aromatic heterocycles. The summed E-state index contributed by atoms with van der Waals surface area (Å²) < 4.78 is 37.3. The van der Waals surface area contributed by atoms with Crippen molar-refractivity contribution in [2.24, 2.45) is 11.8 Å². The van der Waals surface area contributed by atoms with Gasteiger partial charge in [0.15, 0.2) is 0 Å². The van der Waals surface area contributed by atoms with Gasteiger partial charge in [-0.05, 0) is 19.3 Å². The van der Waals surface area contributed by atoms with Crippen LogP contribution < -0.4 is 5.32 Å². The summed E-state index contributed by atoms with van der Waals surface area (Å²) >= 11 is 0. The van der Waals surface area contributed by atoms with Gasteiger partial charge in [0.25, 0.3) is 0 Å². The molecule has 1 rings (SSSR count). The Hall–Kier alpha value is -1.25. The zero-order valence-electron chi connectivity index (χ0n) is 8.68. The van der Waals surface area contributed by atoms with Crippen LogP contribution in [-0.2, 0) is 4.79 Å². The monoisotopic (exact) mass is 234 g/mol. The molecule has 1 N–H and O–H groups in total. The minimum absolute atomic E-state index is 0.103. The van der Waals surface area contributed by atoms with Gasteiger partial charge in [0.05, 0.1) is 12.0 Å². The third-order valence-corrected chi connectivity index (χ3v) is 2.85. The second-order valence-corrected chi connectivity index (χ2v) is 3.98. The molecule has 0 aromatic carbocycles. The van der Waals surface area contributed by atoms with Gasteiger partial charge in [-0.2, -0.15) is 18.4 Å². The van der Waals surface area contributed by atoms with Gasteiger partial charge in [-0.1, -0.05) is 6.42 Å². The molecule has 90 valence electrons. The minimum atomic E-state index is -4.21. The zero-order valence-corrected chi connectivity index (χ0v) is 8.68. The molecule has 2 unspecified atom stereocenters. The van der Waals surface area contributed by atoms with E-state index in [-0.39, 0.29) is 19.4 Å². The molecule has 0 radical (unpaired) electrons. The summed E-state index contributed by atoms with van der Waals surface area (Å²) in [6.07, 6.45) is -3.38. The van der Waals surface area contributed by atoms with Gasteiger partial charge in [0, 0.05) is 5.92 Å². The van der Waals surface area contributed by atoms with Gasteiger partial charge < -0.3 is 5.32 Å². The maximum atomic E-state index is 12.4.